The van der Waals surface area contributed by atoms with Gasteiger partial charge in [-0.05, 0) is 44.5 Å². The van der Waals surface area contributed by atoms with Crippen LogP contribution in [0, 0.1) is 17.0 Å². The average Bonchev–Trinajstić information content (AvgIpc) is 2.81. The summed E-state index contributed by atoms with van der Waals surface area (Å²) in [5.41, 5.74) is 0.835. The molecule has 2 aliphatic heterocycles. The third kappa shape index (κ3) is 3.16. The molecule has 0 saturated carbocycles. The molecule has 0 bridgehead atoms. The Morgan fingerprint density at radius 3 is 2.86 bits per heavy atom. The van der Waals surface area contributed by atoms with E-state index in [9.17, 15) is 10.1 Å². The Bertz CT molecular complexity index is 540. The minimum Gasteiger partial charge on any atom is -0.488 e. The van der Waals surface area contributed by atoms with Gasteiger partial charge in [0.05, 0.1) is 23.2 Å². The van der Waals surface area contributed by atoms with Crippen LogP contribution in [-0.2, 0) is 4.74 Å². The number of benzene rings is 1. The van der Waals surface area contributed by atoms with Crippen molar-refractivity contribution in [2.45, 2.75) is 37.9 Å². The number of ether oxygens (including phenoxy) is 2. The lowest BCUT2D eigenvalue weighted by atomic mass is 9.89. The first-order valence-electron chi connectivity index (χ1n) is 7.34. The zero-order valence-corrected chi connectivity index (χ0v) is 12.1. The lowest BCUT2D eigenvalue weighted by Gasteiger charge is -2.32. The van der Waals surface area contributed by atoms with Gasteiger partial charge in [0, 0.05) is 12.5 Å². The fourth-order valence-corrected chi connectivity index (χ4v) is 3.20. The minimum absolute atomic E-state index is 0.0236. The molecule has 2 fully saturated rings. The third-order valence-electron chi connectivity index (χ3n) is 4.24. The third-order valence-corrected chi connectivity index (χ3v) is 4.24. The van der Waals surface area contributed by atoms with Crippen molar-refractivity contribution in [1.29, 1.82) is 0 Å². The summed E-state index contributed by atoms with van der Waals surface area (Å²) < 4.78 is 11.9. The van der Waals surface area contributed by atoms with Gasteiger partial charge in [0.15, 0.2) is 0 Å². The number of nitro groups is 1. The van der Waals surface area contributed by atoms with Crippen LogP contribution in [0.1, 0.15) is 24.8 Å². The highest BCUT2D eigenvalue weighted by Crippen LogP contribution is 2.36. The molecule has 114 valence electrons. The maximum Gasteiger partial charge on any atom is 0.273 e. The van der Waals surface area contributed by atoms with E-state index >= 15 is 0 Å². The number of non-ortho nitro benzene ring substituents is 1. The molecule has 1 N–H and O–H groups in total. The van der Waals surface area contributed by atoms with Crippen LogP contribution < -0.4 is 10.1 Å². The van der Waals surface area contributed by atoms with E-state index in [1.54, 1.807) is 6.07 Å². The Morgan fingerprint density at radius 2 is 2.14 bits per heavy atom. The second-order valence-corrected chi connectivity index (χ2v) is 5.95. The molecule has 0 aliphatic carbocycles. The molecule has 1 aromatic carbocycles. The van der Waals surface area contributed by atoms with Crippen molar-refractivity contribution in [3.05, 3.63) is 33.9 Å². The van der Waals surface area contributed by atoms with Crippen molar-refractivity contribution in [2.24, 2.45) is 0 Å². The van der Waals surface area contributed by atoms with E-state index in [4.69, 9.17) is 9.47 Å². The molecule has 1 spiro atoms. The summed E-state index contributed by atoms with van der Waals surface area (Å²) in [4.78, 5) is 10.5. The quantitative estimate of drug-likeness (QED) is 0.683. The van der Waals surface area contributed by atoms with Crippen LogP contribution in [0.5, 0.6) is 5.75 Å². The van der Waals surface area contributed by atoms with Crippen LogP contribution in [-0.4, -0.2) is 36.3 Å². The van der Waals surface area contributed by atoms with Gasteiger partial charge >= 0.3 is 0 Å². The van der Waals surface area contributed by atoms with Gasteiger partial charge in [0.25, 0.3) is 5.69 Å². The van der Waals surface area contributed by atoms with E-state index in [0.717, 1.165) is 37.9 Å². The Morgan fingerprint density at radius 1 is 1.38 bits per heavy atom. The van der Waals surface area contributed by atoms with Crippen molar-refractivity contribution < 1.29 is 14.4 Å². The molecule has 1 atom stereocenters. The SMILES string of the molecule is Cc1cc(OC2COC3(CCNCC3)C2)cc([N+](=O)[O-])c1. The molecule has 1 aromatic rings. The summed E-state index contributed by atoms with van der Waals surface area (Å²) in [5.74, 6) is 0.557. The number of piperidine rings is 1. The van der Waals surface area contributed by atoms with E-state index in [-0.39, 0.29) is 22.3 Å². The van der Waals surface area contributed by atoms with Gasteiger partial charge in [-0.3, -0.25) is 10.1 Å². The number of hydrogen-bond acceptors (Lipinski definition) is 5. The number of nitro benzene ring substituents is 1. The number of hydrogen-bond donors (Lipinski definition) is 1. The Kier molecular flexibility index (Phi) is 3.82. The van der Waals surface area contributed by atoms with E-state index in [1.165, 1.54) is 6.07 Å². The summed E-state index contributed by atoms with van der Waals surface area (Å²) in [5, 5.41) is 14.2. The van der Waals surface area contributed by atoms with Crippen LogP contribution >= 0.6 is 0 Å². The fourth-order valence-electron chi connectivity index (χ4n) is 3.20. The van der Waals surface area contributed by atoms with E-state index in [1.807, 2.05) is 13.0 Å². The van der Waals surface area contributed by atoms with Crippen LogP contribution in [0.2, 0.25) is 0 Å². The van der Waals surface area contributed by atoms with Gasteiger partial charge in [-0.25, -0.2) is 0 Å². The molecule has 0 amide bonds. The van der Waals surface area contributed by atoms with E-state index in [2.05, 4.69) is 5.32 Å². The van der Waals surface area contributed by atoms with Crippen molar-refractivity contribution in [3.8, 4) is 5.75 Å². The Balaban J connectivity index is 1.69. The van der Waals surface area contributed by atoms with Crippen molar-refractivity contribution >= 4 is 5.69 Å². The normalized spacial score (nSPS) is 24.1. The molecule has 6 nitrogen and oxygen atoms in total. The Labute approximate surface area is 123 Å². The first-order valence-corrected chi connectivity index (χ1v) is 7.34. The fraction of sp³-hybridized carbons (Fsp3) is 0.600. The van der Waals surface area contributed by atoms with Gasteiger partial charge in [-0.1, -0.05) is 0 Å². The van der Waals surface area contributed by atoms with Crippen molar-refractivity contribution in [1.82, 2.24) is 5.32 Å². The number of nitrogens with zero attached hydrogens (tertiary/aromatic N) is 1. The predicted molar refractivity (Wildman–Crippen MR) is 77.7 cm³/mol. The van der Waals surface area contributed by atoms with Gasteiger partial charge in [0.2, 0.25) is 0 Å². The smallest absolute Gasteiger partial charge is 0.273 e. The summed E-state index contributed by atoms with van der Waals surface area (Å²) in [6, 6.07) is 4.87. The van der Waals surface area contributed by atoms with E-state index in [0.29, 0.717) is 12.4 Å². The van der Waals surface area contributed by atoms with Gasteiger partial charge < -0.3 is 14.8 Å². The zero-order chi connectivity index (χ0) is 14.9. The molecule has 2 saturated heterocycles. The van der Waals surface area contributed by atoms with Crippen LogP contribution in [0.3, 0.4) is 0 Å². The topological polar surface area (TPSA) is 73.6 Å². The average molecular weight is 292 g/mol. The maximum atomic E-state index is 10.9. The highest BCUT2D eigenvalue weighted by Gasteiger charge is 2.42. The summed E-state index contributed by atoms with van der Waals surface area (Å²) in [6.45, 7) is 4.34. The maximum absolute atomic E-state index is 10.9. The number of rotatable bonds is 3. The molecule has 0 radical (unpaired) electrons. The van der Waals surface area contributed by atoms with E-state index < -0.39 is 0 Å². The monoisotopic (exact) mass is 292 g/mol. The minimum atomic E-state index is -0.390. The molecule has 0 aromatic heterocycles. The second-order valence-electron chi connectivity index (χ2n) is 5.95. The standard InChI is InChI=1S/C15H20N2O4/c1-11-6-12(17(18)19)8-13(7-11)21-14-9-15(20-10-14)2-4-16-5-3-15/h6-8,14,16H,2-5,9-10H2,1H3. The molecule has 6 heteroatoms. The second kappa shape index (κ2) is 5.61. The lowest BCUT2D eigenvalue weighted by Crippen LogP contribution is -2.41. The molecular weight excluding hydrogens is 272 g/mol. The number of nitrogens with one attached hydrogen (secondary N) is 1. The van der Waals surface area contributed by atoms with Crippen molar-refractivity contribution in [3.63, 3.8) is 0 Å². The lowest BCUT2D eigenvalue weighted by molar-refractivity contribution is -0.385. The molecule has 1 unspecified atom stereocenters. The Hall–Kier alpha value is -1.66. The zero-order valence-electron chi connectivity index (χ0n) is 12.1. The highest BCUT2D eigenvalue weighted by molar-refractivity contribution is 5.42. The largest absolute Gasteiger partial charge is 0.488 e. The van der Waals surface area contributed by atoms with Crippen LogP contribution in [0.4, 0.5) is 5.69 Å². The molecular formula is C15H20N2O4. The molecule has 2 heterocycles. The van der Waals surface area contributed by atoms with Gasteiger partial charge in [-0.2, -0.15) is 0 Å². The van der Waals surface area contributed by atoms with Crippen LogP contribution in [0.25, 0.3) is 0 Å². The summed E-state index contributed by atoms with van der Waals surface area (Å²) in [6.07, 6.45) is 2.84. The highest BCUT2D eigenvalue weighted by atomic mass is 16.6. The first-order chi connectivity index (χ1) is 10.1. The van der Waals surface area contributed by atoms with Gasteiger partial charge in [-0.15, -0.1) is 0 Å². The molecule has 21 heavy (non-hydrogen) atoms. The molecule has 2 aliphatic rings. The van der Waals surface area contributed by atoms with Gasteiger partial charge in [0.1, 0.15) is 11.9 Å². The number of aryl methyl sites for hydroxylation is 1. The summed E-state index contributed by atoms with van der Waals surface area (Å²) in [7, 11) is 0. The predicted octanol–water partition coefficient (Wildman–Crippen LogP) is 2.19. The van der Waals surface area contributed by atoms with Crippen LogP contribution in [0.15, 0.2) is 18.2 Å². The molecule has 3 rings (SSSR count). The summed E-state index contributed by atoms with van der Waals surface area (Å²) >= 11 is 0. The van der Waals surface area contributed by atoms with Crippen molar-refractivity contribution in [2.75, 3.05) is 19.7 Å². The first kappa shape index (κ1) is 14.3.